The summed E-state index contributed by atoms with van der Waals surface area (Å²) in [6.45, 7) is 5.68. The molecule has 0 aliphatic carbocycles. The molecule has 2 rings (SSSR count). The average Bonchev–Trinajstić information content (AvgIpc) is 2.40. The second kappa shape index (κ2) is 6.51. The third kappa shape index (κ3) is 3.54. The van der Waals surface area contributed by atoms with Gasteiger partial charge in [-0.1, -0.05) is 0 Å². The van der Waals surface area contributed by atoms with E-state index in [1.807, 2.05) is 12.3 Å². The number of rotatable bonds is 5. The first kappa shape index (κ1) is 13.0. The Bertz CT molecular complexity index is 365. The maximum Gasteiger partial charge on any atom is 0.150 e. The molecule has 0 atom stereocenters. The summed E-state index contributed by atoms with van der Waals surface area (Å²) in [5.41, 5.74) is 1.14. The highest BCUT2D eigenvalue weighted by Crippen LogP contribution is 2.17. The predicted octanol–water partition coefficient (Wildman–Crippen LogP) is 0.287. The van der Waals surface area contributed by atoms with Gasteiger partial charge in [-0.15, -0.1) is 5.10 Å². The van der Waals surface area contributed by atoms with E-state index in [0.717, 1.165) is 44.2 Å². The van der Waals surface area contributed by atoms with E-state index in [9.17, 15) is 0 Å². The van der Waals surface area contributed by atoms with E-state index in [0.29, 0.717) is 6.61 Å². The van der Waals surface area contributed by atoms with Crippen molar-refractivity contribution >= 4 is 11.5 Å². The molecule has 6 heteroatoms. The van der Waals surface area contributed by atoms with Crippen LogP contribution in [0, 0.1) is 0 Å². The molecule has 18 heavy (non-hydrogen) atoms. The highest BCUT2D eigenvalue weighted by atomic mass is 16.5. The largest absolute Gasteiger partial charge is 0.383 e. The lowest BCUT2D eigenvalue weighted by Gasteiger charge is -2.33. The Morgan fingerprint density at radius 2 is 2.11 bits per heavy atom. The SMILES string of the molecule is COCCNc1cc(N2CCN(C)CC2)cnn1. The number of anilines is 2. The lowest BCUT2D eigenvalue weighted by atomic mass is 10.3. The fourth-order valence-corrected chi connectivity index (χ4v) is 1.96. The number of nitrogens with zero attached hydrogens (tertiary/aromatic N) is 4. The minimum atomic E-state index is 0.667. The zero-order valence-electron chi connectivity index (χ0n) is 11.1. The van der Waals surface area contributed by atoms with Crippen molar-refractivity contribution in [3.63, 3.8) is 0 Å². The van der Waals surface area contributed by atoms with Crippen molar-refractivity contribution in [2.75, 3.05) is 63.7 Å². The van der Waals surface area contributed by atoms with Crippen molar-refractivity contribution in [1.82, 2.24) is 15.1 Å². The molecule has 0 aromatic carbocycles. The maximum atomic E-state index is 5.00. The number of likely N-dealkylation sites (N-methyl/N-ethyl adjacent to an activating group) is 1. The Kier molecular flexibility index (Phi) is 4.72. The molecule has 1 aliphatic rings. The molecule has 100 valence electrons. The summed E-state index contributed by atoms with van der Waals surface area (Å²) in [6, 6.07) is 2.05. The molecular formula is C12H21N5O. The first-order chi connectivity index (χ1) is 8.79. The van der Waals surface area contributed by atoms with Crippen LogP contribution < -0.4 is 10.2 Å². The van der Waals surface area contributed by atoms with Gasteiger partial charge in [-0.2, -0.15) is 5.10 Å². The van der Waals surface area contributed by atoms with Gasteiger partial charge in [-0.25, -0.2) is 0 Å². The Labute approximate surface area is 108 Å². The van der Waals surface area contributed by atoms with Crippen LogP contribution in [0.5, 0.6) is 0 Å². The summed E-state index contributed by atoms with van der Waals surface area (Å²) in [7, 11) is 3.84. The van der Waals surface area contributed by atoms with Crippen LogP contribution in [0.25, 0.3) is 0 Å². The van der Waals surface area contributed by atoms with Gasteiger partial charge < -0.3 is 19.9 Å². The lowest BCUT2D eigenvalue weighted by molar-refractivity contribution is 0.210. The number of nitrogens with one attached hydrogen (secondary N) is 1. The highest BCUT2D eigenvalue weighted by molar-refractivity contribution is 5.52. The standard InChI is InChI=1S/C12H21N5O/c1-16-4-6-17(7-5-16)11-9-12(15-14-10-11)13-3-8-18-2/h9-10H,3-8H2,1-2H3,(H,13,15). The van der Waals surface area contributed by atoms with E-state index in [1.165, 1.54) is 0 Å². The van der Waals surface area contributed by atoms with Crippen LogP contribution in [-0.4, -0.2) is 68.6 Å². The second-order valence-corrected chi connectivity index (χ2v) is 4.51. The third-order valence-electron chi connectivity index (χ3n) is 3.12. The van der Waals surface area contributed by atoms with E-state index in [4.69, 9.17) is 4.74 Å². The topological polar surface area (TPSA) is 53.5 Å². The lowest BCUT2D eigenvalue weighted by Crippen LogP contribution is -2.44. The van der Waals surface area contributed by atoms with Gasteiger partial charge in [-0.3, -0.25) is 0 Å². The maximum absolute atomic E-state index is 5.00. The van der Waals surface area contributed by atoms with Crippen molar-refractivity contribution < 1.29 is 4.74 Å². The number of methoxy groups -OCH3 is 1. The molecule has 0 radical (unpaired) electrons. The van der Waals surface area contributed by atoms with Crippen molar-refractivity contribution in [2.24, 2.45) is 0 Å². The number of hydrogen-bond donors (Lipinski definition) is 1. The van der Waals surface area contributed by atoms with Crippen LogP contribution in [0.15, 0.2) is 12.3 Å². The normalized spacial score (nSPS) is 16.9. The number of piperazine rings is 1. The third-order valence-corrected chi connectivity index (χ3v) is 3.12. The minimum absolute atomic E-state index is 0.667. The summed E-state index contributed by atoms with van der Waals surface area (Å²) < 4.78 is 5.00. The average molecular weight is 251 g/mol. The van der Waals surface area contributed by atoms with Gasteiger partial charge in [0, 0.05) is 45.9 Å². The van der Waals surface area contributed by atoms with Crippen molar-refractivity contribution in [3.8, 4) is 0 Å². The molecule has 2 heterocycles. The molecule has 1 saturated heterocycles. The van der Waals surface area contributed by atoms with Crippen molar-refractivity contribution in [1.29, 1.82) is 0 Å². The summed E-state index contributed by atoms with van der Waals surface area (Å²) in [5.74, 6) is 0.809. The summed E-state index contributed by atoms with van der Waals surface area (Å²) in [6.07, 6.45) is 1.83. The van der Waals surface area contributed by atoms with Crippen LogP contribution >= 0.6 is 0 Å². The van der Waals surface area contributed by atoms with Crippen molar-refractivity contribution in [3.05, 3.63) is 12.3 Å². The Morgan fingerprint density at radius 1 is 1.33 bits per heavy atom. The number of ether oxygens (including phenoxy) is 1. The van der Waals surface area contributed by atoms with Crippen LogP contribution in [-0.2, 0) is 4.74 Å². The molecule has 0 bridgehead atoms. The van der Waals surface area contributed by atoms with E-state index < -0.39 is 0 Å². The van der Waals surface area contributed by atoms with Gasteiger partial charge >= 0.3 is 0 Å². The molecule has 0 saturated carbocycles. The summed E-state index contributed by atoms with van der Waals surface area (Å²) in [4.78, 5) is 4.68. The number of aromatic nitrogens is 2. The predicted molar refractivity (Wildman–Crippen MR) is 72.1 cm³/mol. The Hall–Kier alpha value is -1.40. The van der Waals surface area contributed by atoms with Gasteiger partial charge in [0.2, 0.25) is 0 Å². The van der Waals surface area contributed by atoms with Crippen LogP contribution in [0.3, 0.4) is 0 Å². The van der Waals surface area contributed by atoms with Crippen molar-refractivity contribution in [2.45, 2.75) is 0 Å². The van der Waals surface area contributed by atoms with Gasteiger partial charge in [0.15, 0.2) is 5.82 Å². The zero-order valence-corrected chi connectivity index (χ0v) is 11.1. The minimum Gasteiger partial charge on any atom is -0.383 e. The first-order valence-electron chi connectivity index (χ1n) is 6.28. The quantitative estimate of drug-likeness (QED) is 0.759. The number of hydrogen-bond acceptors (Lipinski definition) is 6. The molecule has 0 amide bonds. The fourth-order valence-electron chi connectivity index (χ4n) is 1.96. The van der Waals surface area contributed by atoms with Crippen LogP contribution in [0.2, 0.25) is 0 Å². The van der Waals surface area contributed by atoms with Gasteiger partial charge in [0.05, 0.1) is 18.5 Å². The first-order valence-corrected chi connectivity index (χ1v) is 6.28. The molecule has 6 nitrogen and oxygen atoms in total. The molecule has 1 aromatic heterocycles. The van der Waals surface area contributed by atoms with E-state index in [2.05, 4.69) is 32.4 Å². The molecular weight excluding hydrogens is 230 g/mol. The molecule has 1 aliphatic heterocycles. The Balaban J connectivity index is 1.94. The summed E-state index contributed by atoms with van der Waals surface area (Å²) in [5, 5.41) is 11.3. The monoisotopic (exact) mass is 251 g/mol. The smallest absolute Gasteiger partial charge is 0.150 e. The van der Waals surface area contributed by atoms with Crippen LogP contribution in [0.4, 0.5) is 11.5 Å². The van der Waals surface area contributed by atoms with E-state index >= 15 is 0 Å². The highest BCUT2D eigenvalue weighted by Gasteiger charge is 2.14. The second-order valence-electron chi connectivity index (χ2n) is 4.51. The van der Waals surface area contributed by atoms with Crippen LogP contribution in [0.1, 0.15) is 0 Å². The van der Waals surface area contributed by atoms with Gasteiger partial charge in [0.1, 0.15) is 0 Å². The van der Waals surface area contributed by atoms with Gasteiger partial charge in [0.25, 0.3) is 0 Å². The summed E-state index contributed by atoms with van der Waals surface area (Å²) >= 11 is 0. The Morgan fingerprint density at radius 3 is 2.83 bits per heavy atom. The van der Waals surface area contributed by atoms with Gasteiger partial charge in [-0.05, 0) is 7.05 Å². The molecule has 1 N–H and O–H groups in total. The molecule has 0 spiro atoms. The molecule has 1 aromatic rings. The fraction of sp³-hybridized carbons (Fsp3) is 0.667. The van der Waals surface area contributed by atoms with E-state index in [-0.39, 0.29) is 0 Å². The zero-order chi connectivity index (χ0) is 12.8. The molecule has 1 fully saturated rings. The molecule has 0 unspecified atom stereocenters. The van der Waals surface area contributed by atoms with E-state index in [1.54, 1.807) is 7.11 Å².